The van der Waals surface area contributed by atoms with Gasteiger partial charge in [-0.25, -0.2) is 0 Å². The van der Waals surface area contributed by atoms with E-state index in [0.29, 0.717) is 6.04 Å². The number of hydrogen-bond acceptors (Lipinski definition) is 2. The molecule has 1 aromatic carbocycles. The Bertz CT molecular complexity index is 512. The smallest absolute Gasteiger partial charge is 0.137 e. The van der Waals surface area contributed by atoms with Crippen LogP contribution < -0.4 is 0 Å². The van der Waals surface area contributed by atoms with Gasteiger partial charge in [0.1, 0.15) is 12.2 Å². The Balaban J connectivity index is 2.25. The molecule has 0 saturated heterocycles. The van der Waals surface area contributed by atoms with E-state index in [9.17, 15) is 0 Å². The molecule has 0 radical (unpaired) electrons. The Morgan fingerprint density at radius 3 is 2.59 bits per heavy atom. The first-order chi connectivity index (χ1) is 8.08. The Labute approximate surface area is 103 Å². The molecule has 0 spiro atoms. The van der Waals surface area contributed by atoms with E-state index in [1.54, 1.807) is 6.33 Å². The molecule has 17 heavy (non-hydrogen) atoms. The van der Waals surface area contributed by atoms with Crippen molar-refractivity contribution in [3.8, 4) is 0 Å². The van der Waals surface area contributed by atoms with Crippen LogP contribution >= 0.6 is 0 Å². The minimum absolute atomic E-state index is 0.409. The summed E-state index contributed by atoms with van der Waals surface area (Å²) in [6.45, 7) is 8.57. The second kappa shape index (κ2) is 4.70. The van der Waals surface area contributed by atoms with Crippen molar-refractivity contribution in [1.29, 1.82) is 0 Å². The van der Waals surface area contributed by atoms with Crippen LogP contribution in [0.25, 0.3) is 0 Å². The number of benzene rings is 1. The fourth-order valence-electron chi connectivity index (χ4n) is 1.92. The quantitative estimate of drug-likeness (QED) is 0.809. The van der Waals surface area contributed by atoms with Crippen molar-refractivity contribution < 1.29 is 0 Å². The van der Waals surface area contributed by atoms with Gasteiger partial charge in [0.25, 0.3) is 0 Å². The van der Waals surface area contributed by atoms with Crippen LogP contribution in [-0.4, -0.2) is 14.8 Å². The van der Waals surface area contributed by atoms with Gasteiger partial charge in [-0.05, 0) is 44.4 Å². The van der Waals surface area contributed by atoms with Crippen LogP contribution in [0, 0.1) is 13.8 Å². The third-order valence-corrected chi connectivity index (χ3v) is 3.14. The van der Waals surface area contributed by atoms with Crippen molar-refractivity contribution in [2.75, 3.05) is 0 Å². The zero-order valence-electron chi connectivity index (χ0n) is 10.9. The van der Waals surface area contributed by atoms with E-state index in [1.165, 1.54) is 16.7 Å². The van der Waals surface area contributed by atoms with Crippen LogP contribution in [-0.2, 0) is 6.42 Å². The van der Waals surface area contributed by atoms with Gasteiger partial charge in [0.15, 0.2) is 0 Å². The summed E-state index contributed by atoms with van der Waals surface area (Å²) in [6.07, 6.45) is 2.65. The van der Waals surface area contributed by atoms with E-state index in [4.69, 9.17) is 0 Å². The second-order valence-electron chi connectivity index (χ2n) is 4.84. The second-order valence-corrected chi connectivity index (χ2v) is 4.84. The molecule has 2 aromatic rings. The van der Waals surface area contributed by atoms with Gasteiger partial charge in [0, 0.05) is 12.5 Å². The van der Waals surface area contributed by atoms with Crippen LogP contribution in [0.2, 0.25) is 0 Å². The van der Waals surface area contributed by atoms with E-state index in [0.717, 1.165) is 12.2 Å². The lowest BCUT2D eigenvalue weighted by Gasteiger charge is -2.10. The fourth-order valence-corrected chi connectivity index (χ4v) is 1.92. The molecule has 1 aromatic heterocycles. The molecule has 0 fully saturated rings. The van der Waals surface area contributed by atoms with Crippen molar-refractivity contribution in [2.45, 2.75) is 40.2 Å². The van der Waals surface area contributed by atoms with Gasteiger partial charge in [0.05, 0.1) is 0 Å². The van der Waals surface area contributed by atoms with Gasteiger partial charge < -0.3 is 4.57 Å². The minimum Gasteiger partial charge on any atom is -0.315 e. The van der Waals surface area contributed by atoms with Crippen molar-refractivity contribution in [1.82, 2.24) is 14.8 Å². The molecule has 0 amide bonds. The van der Waals surface area contributed by atoms with E-state index >= 15 is 0 Å². The van der Waals surface area contributed by atoms with Crippen molar-refractivity contribution in [3.63, 3.8) is 0 Å². The van der Waals surface area contributed by atoms with E-state index in [1.807, 2.05) is 0 Å². The minimum atomic E-state index is 0.409. The lowest BCUT2D eigenvalue weighted by molar-refractivity contribution is 0.574. The van der Waals surface area contributed by atoms with Crippen molar-refractivity contribution in [3.05, 3.63) is 47.0 Å². The Morgan fingerprint density at radius 2 is 1.94 bits per heavy atom. The van der Waals surface area contributed by atoms with Gasteiger partial charge in [-0.15, -0.1) is 10.2 Å². The summed E-state index contributed by atoms with van der Waals surface area (Å²) < 4.78 is 2.12. The van der Waals surface area contributed by atoms with E-state index < -0.39 is 0 Å². The molecule has 3 heteroatoms. The molecular weight excluding hydrogens is 210 g/mol. The first-order valence-corrected chi connectivity index (χ1v) is 6.02. The van der Waals surface area contributed by atoms with Crippen molar-refractivity contribution >= 4 is 0 Å². The van der Waals surface area contributed by atoms with E-state index in [2.05, 4.69) is 60.7 Å². The standard InChI is InChI=1S/C14H19N3/c1-10(2)17-9-15-16-14(17)8-13-6-5-11(3)12(4)7-13/h5-7,9-10H,8H2,1-4H3. The molecule has 0 aliphatic rings. The molecule has 0 N–H and O–H groups in total. The van der Waals surface area contributed by atoms with Gasteiger partial charge >= 0.3 is 0 Å². The molecule has 0 atom stereocenters. The average molecular weight is 229 g/mol. The highest BCUT2D eigenvalue weighted by atomic mass is 15.3. The summed E-state index contributed by atoms with van der Waals surface area (Å²) in [7, 11) is 0. The predicted molar refractivity (Wildman–Crippen MR) is 69.1 cm³/mol. The van der Waals surface area contributed by atoms with E-state index in [-0.39, 0.29) is 0 Å². The highest BCUT2D eigenvalue weighted by molar-refractivity contribution is 5.31. The van der Waals surface area contributed by atoms with Crippen LogP contribution in [0.15, 0.2) is 24.5 Å². The number of aromatic nitrogens is 3. The molecule has 0 aliphatic carbocycles. The average Bonchev–Trinajstić information content (AvgIpc) is 2.72. The SMILES string of the molecule is Cc1ccc(Cc2nncn2C(C)C)cc1C. The van der Waals surface area contributed by atoms with Gasteiger partial charge in [-0.2, -0.15) is 0 Å². The predicted octanol–water partition coefficient (Wildman–Crippen LogP) is 3.07. The molecule has 2 rings (SSSR count). The maximum atomic E-state index is 4.20. The summed E-state index contributed by atoms with van der Waals surface area (Å²) in [6, 6.07) is 6.98. The zero-order chi connectivity index (χ0) is 12.4. The maximum Gasteiger partial charge on any atom is 0.137 e. The summed E-state index contributed by atoms with van der Waals surface area (Å²) in [5, 5.41) is 8.19. The van der Waals surface area contributed by atoms with Crippen LogP contribution in [0.1, 0.15) is 42.4 Å². The van der Waals surface area contributed by atoms with Crippen molar-refractivity contribution in [2.24, 2.45) is 0 Å². The molecule has 0 saturated carbocycles. The topological polar surface area (TPSA) is 30.7 Å². The van der Waals surface area contributed by atoms with Crippen LogP contribution in [0.4, 0.5) is 0 Å². The lowest BCUT2D eigenvalue weighted by atomic mass is 10.0. The lowest BCUT2D eigenvalue weighted by Crippen LogP contribution is -2.06. The monoisotopic (exact) mass is 229 g/mol. The fraction of sp³-hybridized carbons (Fsp3) is 0.429. The van der Waals surface area contributed by atoms with Crippen LogP contribution in [0.5, 0.6) is 0 Å². The summed E-state index contributed by atoms with van der Waals surface area (Å²) >= 11 is 0. The molecular formula is C14H19N3. The largest absolute Gasteiger partial charge is 0.315 e. The zero-order valence-corrected chi connectivity index (χ0v) is 10.9. The number of aryl methyl sites for hydroxylation is 2. The summed E-state index contributed by atoms with van der Waals surface area (Å²) in [5.41, 5.74) is 3.96. The molecule has 90 valence electrons. The molecule has 0 bridgehead atoms. The maximum absolute atomic E-state index is 4.20. The summed E-state index contributed by atoms with van der Waals surface area (Å²) in [4.78, 5) is 0. The highest BCUT2D eigenvalue weighted by Crippen LogP contribution is 2.15. The molecule has 0 unspecified atom stereocenters. The Kier molecular flexibility index (Phi) is 3.27. The van der Waals surface area contributed by atoms with Crippen LogP contribution in [0.3, 0.4) is 0 Å². The van der Waals surface area contributed by atoms with Gasteiger partial charge in [-0.3, -0.25) is 0 Å². The number of hydrogen-bond donors (Lipinski definition) is 0. The van der Waals surface area contributed by atoms with Gasteiger partial charge in [-0.1, -0.05) is 18.2 Å². The van der Waals surface area contributed by atoms with Gasteiger partial charge in [0.2, 0.25) is 0 Å². The normalized spacial score (nSPS) is 11.1. The molecule has 0 aliphatic heterocycles. The third-order valence-electron chi connectivity index (χ3n) is 3.14. The first kappa shape index (κ1) is 11.8. The third kappa shape index (κ3) is 2.54. The first-order valence-electron chi connectivity index (χ1n) is 6.02. The Morgan fingerprint density at radius 1 is 1.18 bits per heavy atom. The molecule has 1 heterocycles. The molecule has 3 nitrogen and oxygen atoms in total. The summed E-state index contributed by atoms with van der Waals surface area (Å²) in [5.74, 6) is 1.03. The highest BCUT2D eigenvalue weighted by Gasteiger charge is 2.08. The number of rotatable bonds is 3. The number of nitrogens with zero attached hydrogens (tertiary/aromatic N) is 3. The Hall–Kier alpha value is -1.64.